The summed E-state index contributed by atoms with van der Waals surface area (Å²) in [6.45, 7) is 4.82. The number of rotatable bonds is 2. The van der Waals surface area contributed by atoms with Crippen molar-refractivity contribution in [3.63, 3.8) is 0 Å². The molecule has 1 aromatic rings. The molecule has 1 aromatic heterocycles. The number of hydrogen-bond donors (Lipinski definition) is 0. The van der Waals surface area contributed by atoms with Crippen molar-refractivity contribution >= 4 is 17.5 Å². The van der Waals surface area contributed by atoms with Crippen molar-refractivity contribution in [2.75, 3.05) is 19.0 Å². The van der Waals surface area contributed by atoms with E-state index in [1.807, 2.05) is 6.92 Å². The minimum Gasteiger partial charge on any atom is -0.469 e. The van der Waals surface area contributed by atoms with E-state index in [1.54, 1.807) is 17.9 Å². The van der Waals surface area contributed by atoms with E-state index in [2.05, 4.69) is 0 Å². The molecule has 2 rings (SSSR count). The van der Waals surface area contributed by atoms with Gasteiger partial charge in [0, 0.05) is 6.54 Å². The van der Waals surface area contributed by atoms with Crippen molar-refractivity contribution < 1.29 is 13.9 Å². The van der Waals surface area contributed by atoms with Gasteiger partial charge in [0.05, 0.1) is 36.5 Å². The van der Waals surface area contributed by atoms with Crippen molar-refractivity contribution in [2.24, 2.45) is 0 Å². The lowest BCUT2D eigenvalue weighted by molar-refractivity contribution is -0.0372. The summed E-state index contributed by atoms with van der Waals surface area (Å²) < 4.78 is 10.7. The molecule has 2 atom stereocenters. The van der Waals surface area contributed by atoms with Crippen LogP contribution in [0.1, 0.15) is 23.0 Å². The molecule has 0 radical (unpaired) electrons. The normalized spacial score (nSPS) is 25.0. The Labute approximate surface area is 105 Å². The number of aryl methyl sites for hydroxylation is 1. The number of amides is 1. The van der Waals surface area contributed by atoms with Gasteiger partial charge in [0.2, 0.25) is 0 Å². The van der Waals surface area contributed by atoms with Gasteiger partial charge in [-0.05, 0) is 19.9 Å². The molecule has 0 aromatic carbocycles. The van der Waals surface area contributed by atoms with E-state index in [0.717, 1.165) is 0 Å². The molecule has 2 unspecified atom stereocenters. The van der Waals surface area contributed by atoms with Gasteiger partial charge in [0.15, 0.2) is 0 Å². The SMILES string of the molecule is Cc1occc1C(=O)N1CC(CCl)OCC1C. The Morgan fingerprint density at radius 1 is 1.65 bits per heavy atom. The summed E-state index contributed by atoms with van der Waals surface area (Å²) in [5, 5.41) is 0. The minimum atomic E-state index is -0.0796. The average molecular weight is 258 g/mol. The van der Waals surface area contributed by atoms with Gasteiger partial charge in [-0.25, -0.2) is 0 Å². The number of halogens is 1. The van der Waals surface area contributed by atoms with Gasteiger partial charge in [0.1, 0.15) is 5.76 Å². The minimum absolute atomic E-state index is 0.0119. The van der Waals surface area contributed by atoms with Crippen molar-refractivity contribution in [2.45, 2.75) is 26.0 Å². The lowest BCUT2D eigenvalue weighted by Crippen LogP contribution is -2.51. The Kier molecular flexibility index (Phi) is 3.74. The third-order valence-electron chi connectivity index (χ3n) is 3.03. The van der Waals surface area contributed by atoms with Crippen LogP contribution in [-0.2, 0) is 4.74 Å². The molecule has 2 heterocycles. The fourth-order valence-corrected chi connectivity index (χ4v) is 2.14. The molecule has 0 bridgehead atoms. The van der Waals surface area contributed by atoms with Crippen LogP contribution in [0.3, 0.4) is 0 Å². The summed E-state index contributed by atoms with van der Waals surface area (Å²) >= 11 is 5.77. The standard InChI is InChI=1S/C12H16ClNO3/c1-8-7-17-10(5-13)6-14(8)12(15)11-3-4-16-9(11)2/h3-4,8,10H,5-7H2,1-2H3. The van der Waals surface area contributed by atoms with E-state index in [0.29, 0.717) is 30.4 Å². The highest BCUT2D eigenvalue weighted by Gasteiger charge is 2.30. The van der Waals surface area contributed by atoms with Crippen LogP contribution in [0.15, 0.2) is 16.7 Å². The Bertz CT molecular complexity index is 404. The van der Waals surface area contributed by atoms with Crippen LogP contribution in [-0.4, -0.2) is 42.0 Å². The Hall–Kier alpha value is -1.00. The quantitative estimate of drug-likeness (QED) is 0.762. The molecule has 4 nitrogen and oxygen atoms in total. The van der Waals surface area contributed by atoms with E-state index in [1.165, 1.54) is 6.26 Å². The van der Waals surface area contributed by atoms with Gasteiger partial charge < -0.3 is 14.1 Å². The Balaban J connectivity index is 2.15. The van der Waals surface area contributed by atoms with Crippen molar-refractivity contribution in [1.82, 2.24) is 4.90 Å². The van der Waals surface area contributed by atoms with Crippen LogP contribution < -0.4 is 0 Å². The van der Waals surface area contributed by atoms with Gasteiger partial charge in [-0.1, -0.05) is 0 Å². The maximum atomic E-state index is 12.3. The topological polar surface area (TPSA) is 42.7 Å². The van der Waals surface area contributed by atoms with Crippen LogP contribution in [0, 0.1) is 6.92 Å². The zero-order valence-corrected chi connectivity index (χ0v) is 10.7. The third-order valence-corrected chi connectivity index (χ3v) is 3.37. The molecule has 1 amide bonds. The van der Waals surface area contributed by atoms with Gasteiger partial charge in [-0.2, -0.15) is 0 Å². The molecule has 17 heavy (non-hydrogen) atoms. The van der Waals surface area contributed by atoms with E-state index < -0.39 is 0 Å². The highest BCUT2D eigenvalue weighted by molar-refractivity contribution is 6.18. The molecule has 0 aliphatic carbocycles. The molecule has 1 aliphatic heterocycles. The number of hydrogen-bond acceptors (Lipinski definition) is 3. The van der Waals surface area contributed by atoms with Crippen molar-refractivity contribution in [3.8, 4) is 0 Å². The number of nitrogens with zero attached hydrogens (tertiary/aromatic N) is 1. The highest BCUT2D eigenvalue weighted by Crippen LogP contribution is 2.18. The molecule has 1 aliphatic rings. The number of alkyl halides is 1. The van der Waals surface area contributed by atoms with Crippen LogP contribution in [0.25, 0.3) is 0 Å². The molecule has 5 heteroatoms. The predicted octanol–water partition coefficient (Wildman–Crippen LogP) is 2.06. The van der Waals surface area contributed by atoms with Gasteiger partial charge >= 0.3 is 0 Å². The summed E-state index contributed by atoms with van der Waals surface area (Å²) in [5.74, 6) is 1.04. The zero-order chi connectivity index (χ0) is 12.4. The number of carbonyl (C=O) groups excluding carboxylic acids is 1. The fraction of sp³-hybridized carbons (Fsp3) is 0.583. The molecule has 0 spiro atoms. The Morgan fingerprint density at radius 2 is 2.41 bits per heavy atom. The van der Waals surface area contributed by atoms with E-state index >= 15 is 0 Å². The summed E-state index contributed by atoms with van der Waals surface area (Å²) in [7, 11) is 0. The summed E-state index contributed by atoms with van der Waals surface area (Å²) in [6.07, 6.45) is 1.45. The van der Waals surface area contributed by atoms with E-state index in [-0.39, 0.29) is 18.1 Å². The molecule has 0 saturated carbocycles. The van der Waals surface area contributed by atoms with Gasteiger partial charge in [-0.15, -0.1) is 11.6 Å². The second-order valence-corrected chi connectivity index (χ2v) is 4.62. The smallest absolute Gasteiger partial charge is 0.257 e. The van der Waals surface area contributed by atoms with Crippen LogP contribution in [0.2, 0.25) is 0 Å². The summed E-state index contributed by atoms with van der Waals surface area (Å²) in [5.41, 5.74) is 0.618. The van der Waals surface area contributed by atoms with Gasteiger partial charge in [0.25, 0.3) is 5.91 Å². The first-order chi connectivity index (χ1) is 8.13. The molecule has 94 valence electrons. The van der Waals surface area contributed by atoms with Crippen molar-refractivity contribution in [3.05, 3.63) is 23.7 Å². The second-order valence-electron chi connectivity index (χ2n) is 4.31. The number of furan rings is 1. The van der Waals surface area contributed by atoms with Crippen molar-refractivity contribution in [1.29, 1.82) is 0 Å². The first kappa shape index (κ1) is 12.5. The first-order valence-corrected chi connectivity index (χ1v) is 6.19. The maximum absolute atomic E-state index is 12.3. The maximum Gasteiger partial charge on any atom is 0.257 e. The molecule has 0 N–H and O–H groups in total. The number of carbonyl (C=O) groups is 1. The fourth-order valence-electron chi connectivity index (χ4n) is 1.96. The highest BCUT2D eigenvalue weighted by atomic mass is 35.5. The lowest BCUT2D eigenvalue weighted by Gasteiger charge is -2.37. The first-order valence-electron chi connectivity index (χ1n) is 5.66. The predicted molar refractivity (Wildman–Crippen MR) is 64.4 cm³/mol. The van der Waals surface area contributed by atoms with Crippen LogP contribution >= 0.6 is 11.6 Å². The molecule has 1 fully saturated rings. The van der Waals surface area contributed by atoms with Crippen LogP contribution in [0.4, 0.5) is 0 Å². The average Bonchev–Trinajstić information content (AvgIpc) is 2.75. The van der Waals surface area contributed by atoms with E-state index in [9.17, 15) is 4.79 Å². The summed E-state index contributed by atoms with van der Waals surface area (Å²) in [6, 6.07) is 1.77. The largest absolute Gasteiger partial charge is 0.469 e. The summed E-state index contributed by atoms with van der Waals surface area (Å²) in [4.78, 5) is 14.1. The molecule has 1 saturated heterocycles. The monoisotopic (exact) mass is 257 g/mol. The molecular formula is C12H16ClNO3. The second kappa shape index (κ2) is 5.10. The third kappa shape index (κ3) is 2.48. The molecular weight excluding hydrogens is 242 g/mol. The number of ether oxygens (including phenoxy) is 1. The van der Waals surface area contributed by atoms with Crippen LogP contribution in [0.5, 0.6) is 0 Å². The lowest BCUT2D eigenvalue weighted by atomic mass is 10.1. The van der Waals surface area contributed by atoms with E-state index in [4.69, 9.17) is 20.8 Å². The zero-order valence-electron chi connectivity index (χ0n) is 9.98. The Morgan fingerprint density at radius 3 is 3.00 bits per heavy atom. The number of morpholine rings is 1. The van der Waals surface area contributed by atoms with Gasteiger partial charge in [-0.3, -0.25) is 4.79 Å².